The number of nitrogens with zero attached hydrogens (tertiary/aromatic N) is 1. The van der Waals surface area contributed by atoms with Gasteiger partial charge >= 0.3 is 0 Å². The minimum Gasteiger partial charge on any atom is -0.270 e. The van der Waals surface area contributed by atoms with Crippen molar-refractivity contribution in [2.75, 3.05) is 0 Å². The SMILES string of the molecule is C=Cc1ccc(CN2C(=O)c3ccc(C)cc3C2=O)cc1. The summed E-state index contributed by atoms with van der Waals surface area (Å²) in [6, 6.07) is 13.0. The van der Waals surface area contributed by atoms with Gasteiger partial charge < -0.3 is 0 Å². The number of aryl methyl sites for hydroxylation is 1. The molecule has 1 heterocycles. The van der Waals surface area contributed by atoms with Gasteiger partial charge in [0, 0.05) is 0 Å². The molecule has 0 bridgehead atoms. The van der Waals surface area contributed by atoms with Crippen LogP contribution in [0.5, 0.6) is 0 Å². The highest BCUT2D eigenvalue weighted by molar-refractivity contribution is 6.21. The fraction of sp³-hybridized carbons (Fsp3) is 0.111. The van der Waals surface area contributed by atoms with Crippen molar-refractivity contribution >= 4 is 17.9 Å². The van der Waals surface area contributed by atoms with Gasteiger partial charge in [-0.1, -0.05) is 48.6 Å². The normalized spacial score (nSPS) is 13.5. The Bertz CT molecular complexity index is 744. The number of carbonyl (C=O) groups is 2. The van der Waals surface area contributed by atoms with Crippen molar-refractivity contribution in [3.63, 3.8) is 0 Å². The summed E-state index contributed by atoms with van der Waals surface area (Å²) in [4.78, 5) is 26.0. The van der Waals surface area contributed by atoms with Crippen LogP contribution in [0.15, 0.2) is 49.0 Å². The Hall–Kier alpha value is -2.68. The lowest BCUT2D eigenvalue weighted by atomic mass is 10.1. The Balaban J connectivity index is 1.89. The fourth-order valence-corrected chi connectivity index (χ4v) is 2.49. The second kappa shape index (κ2) is 5.02. The minimum absolute atomic E-state index is 0.216. The largest absolute Gasteiger partial charge is 0.270 e. The first-order valence-corrected chi connectivity index (χ1v) is 6.78. The van der Waals surface area contributed by atoms with Gasteiger partial charge in [-0.3, -0.25) is 14.5 Å². The monoisotopic (exact) mass is 277 g/mol. The van der Waals surface area contributed by atoms with E-state index in [0.29, 0.717) is 17.7 Å². The van der Waals surface area contributed by atoms with Crippen molar-refractivity contribution in [2.45, 2.75) is 13.5 Å². The maximum atomic E-state index is 12.4. The lowest BCUT2D eigenvalue weighted by molar-refractivity contribution is 0.0642. The van der Waals surface area contributed by atoms with Gasteiger partial charge in [-0.25, -0.2) is 0 Å². The van der Waals surface area contributed by atoms with Crippen LogP contribution < -0.4 is 0 Å². The highest BCUT2D eigenvalue weighted by Crippen LogP contribution is 2.25. The third-order valence-electron chi connectivity index (χ3n) is 3.68. The summed E-state index contributed by atoms with van der Waals surface area (Å²) in [6.45, 7) is 5.91. The molecule has 0 atom stereocenters. The molecule has 21 heavy (non-hydrogen) atoms. The number of carbonyl (C=O) groups excluding carboxylic acids is 2. The van der Waals surface area contributed by atoms with E-state index < -0.39 is 0 Å². The van der Waals surface area contributed by atoms with Crippen LogP contribution in [0, 0.1) is 6.92 Å². The molecule has 0 unspecified atom stereocenters. The Morgan fingerprint density at radius 2 is 1.67 bits per heavy atom. The van der Waals surface area contributed by atoms with E-state index >= 15 is 0 Å². The first kappa shape index (κ1) is 13.3. The number of amides is 2. The summed E-state index contributed by atoms with van der Waals surface area (Å²) < 4.78 is 0. The summed E-state index contributed by atoms with van der Waals surface area (Å²) in [6.07, 6.45) is 1.76. The summed E-state index contributed by atoms with van der Waals surface area (Å²) in [7, 11) is 0. The van der Waals surface area contributed by atoms with Crippen molar-refractivity contribution in [1.29, 1.82) is 0 Å². The van der Waals surface area contributed by atoms with E-state index in [1.807, 2.05) is 37.3 Å². The molecule has 0 radical (unpaired) electrons. The predicted octanol–water partition coefficient (Wildman–Crippen LogP) is 3.43. The molecule has 1 aliphatic rings. The zero-order valence-electron chi connectivity index (χ0n) is 11.8. The van der Waals surface area contributed by atoms with Gasteiger partial charge in [0.2, 0.25) is 0 Å². The van der Waals surface area contributed by atoms with Crippen LogP contribution in [0.25, 0.3) is 6.08 Å². The molecule has 0 saturated carbocycles. The van der Waals surface area contributed by atoms with Crippen LogP contribution in [0.2, 0.25) is 0 Å². The third-order valence-corrected chi connectivity index (χ3v) is 3.68. The molecule has 0 N–H and O–H groups in total. The Morgan fingerprint density at radius 3 is 2.33 bits per heavy atom. The average molecular weight is 277 g/mol. The summed E-state index contributed by atoms with van der Waals surface area (Å²) in [5.74, 6) is -0.436. The van der Waals surface area contributed by atoms with Crippen LogP contribution in [0.4, 0.5) is 0 Å². The number of imide groups is 1. The highest BCUT2D eigenvalue weighted by Gasteiger charge is 2.35. The molecule has 3 rings (SSSR count). The first-order chi connectivity index (χ1) is 10.1. The fourth-order valence-electron chi connectivity index (χ4n) is 2.49. The van der Waals surface area contributed by atoms with Gasteiger partial charge in [-0.05, 0) is 30.2 Å². The van der Waals surface area contributed by atoms with Gasteiger partial charge in [0.25, 0.3) is 11.8 Å². The first-order valence-electron chi connectivity index (χ1n) is 6.78. The molecule has 0 aromatic heterocycles. The molecule has 2 aromatic carbocycles. The van der Waals surface area contributed by atoms with Gasteiger partial charge in [0.05, 0.1) is 17.7 Å². The number of hydrogen-bond acceptors (Lipinski definition) is 2. The van der Waals surface area contributed by atoms with Crippen molar-refractivity contribution in [3.8, 4) is 0 Å². The van der Waals surface area contributed by atoms with Crippen LogP contribution in [-0.2, 0) is 6.54 Å². The van der Waals surface area contributed by atoms with E-state index in [4.69, 9.17) is 0 Å². The highest BCUT2D eigenvalue weighted by atomic mass is 16.2. The van der Waals surface area contributed by atoms with Crippen molar-refractivity contribution in [3.05, 3.63) is 76.9 Å². The number of fused-ring (bicyclic) bond motifs is 1. The summed E-state index contributed by atoms with van der Waals surface area (Å²) in [5, 5.41) is 0. The zero-order chi connectivity index (χ0) is 15.0. The van der Waals surface area contributed by atoms with Crippen LogP contribution in [0.3, 0.4) is 0 Å². The average Bonchev–Trinajstić information content (AvgIpc) is 2.73. The molecule has 1 aliphatic heterocycles. The van der Waals surface area contributed by atoms with Gasteiger partial charge in [-0.15, -0.1) is 0 Å². The topological polar surface area (TPSA) is 37.4 Å². The van der Waals surface area contributed by atoms with E-state index in [-0.39, 0.29) is 11.8 Å². The Morgan fingerprint density at radius 1 is 1.00 bits per heavy atom. The quantitative estimate of drug-likeness (QED) is 0.806. The molecule has 104 valence electrons. The maximum absolute atomic E-state index is 12.4. The van der Waals surface area contributed by atoms with Crippen molar-refractivity contribution < 1.29 is 9.59 Å². The zero-order valence-corrected chi connectivity index (χ0v) is 11.8. The molecule has 0 fully saturated rings. The number of hydrogen-bond donors (Lipinski definition) is 0. The molecule has 0 spiro atoms. The molecule has 3 nitrogen and oxygen atoms in total. The molecular weight excluding hydrogens is 262 g/mol. The van der Waals surface area contributed by atoms with E-state index in [2.05, 4.69) is 6.58 Å². The predicted molar refractivity (Wildman–Crippen MR) is 81.9 cm³/mol. The Labute approximate surface area is 123 Å². The standard InChI is InChI=1S/C18H15NO2/c1-3-13-5-7-14(8-6-13)11-19-17(20)15-9-4-12(2)10-16(15)18(19)21/h3-10H,1,11H2,2H3. The van der Waals surface area contributed by atoms with Crippen LogP contribution in [-0.4, -0.2) is 16.7 Å². The van der Waals surface area contributed by atoms with Gasteiger partial charge in [0.1, 0.15) is 0 Å². The summed E-state index contributed by atoms with van der Waals surface area (Å²) in [5.41, 5.74) is 3.91. The van der Waals surface area contributed by atoms with Crippen LogP contribution >= 0.6 is 0 Å². The Kier molecular flexibility index (Phi) is 3.18. The molecular formula is C18H15NO2. The van der Waals surface area contributed by atoms with E-state index in [1.165, 1.54) is 4.90 Å². The molecule has 3 heteroatoms. The molecule has 2 aromatic rings. The lowest BCUT2D eigenvalue weighted by Gasteiger charge is -2.13. The third kappa shape index (κ3) is 2.27. The molecule has 2 amide bonds. The second-order valence-corrected chi connectivity index (χ2v) is 5.19. The molecule has 0 aliphatic carbocycles. The second-order valence-electron chi connectivity index (χ2n) is 5.19. The van der Waals surface area contributed by atoms with Crippen molar-refractivity contribution in [1.82, 2.24) is 4.90 Å². The van der Waals surface area contributed by atoms with Crippen molar-refractivity contribution in [2.24, 2.45) is 0 Å². The maximum Gasteiger partial charge on any atom is 0.261 e. The van der Waals surface area contributed by atoms with E-state index in [0.717, 1.165) is 16.7 Å². The summed E-state index contributed by atoms with van der Waals surface area (Å²) >= 11 is 0. The smallest absolute Gasteiger partial charge is 0.261 e. The van der Waals surface area contributed by atoms with E-state index in [1.54, 1.807) is 18.2 Å². The van der Waals surface area contributed by atoms with Gasteiger partial charge in [0.15, 0.2) is 0 Å². The lowest BCUT2D eigenvalue weighted by Crippen LogP contribution is -2.29. The van der Waals surface area contributed by atoms with Gasteiger partial charge in [-0.2, -0.15) is 0 Å². The molecule has 0 saturated heterocycles. The number of benzene rings is 2. The minimum atomic E-state index is -0.220. The van der Waals surface area contributed by atoms with E-state index in [9.17, 15) is 9.59 Å². The van der Waals surface area contributed by atoms with Crippen LogP contribution in [0.1, 0.15) is 37.4 Å². The number of rotatable bonds is 3.